The van der Waals surface area contributed by atoms with Crippen molar-refractivity contribution in [1.82, 2.24) is 5.32 Å². The summed E-state index contributed by atoms with van der Waals surface area (Å²) in [6.45, 7) is 8.96. The zero-order valence-electron chi connectivity index (χ0n) is 18.0. The van der Waals surface area contributed by atoms with E-state index in [4.69, 9.17) is 0 Å². The van der Waals surface area contributed by atoms with Crippen molar-refractivity contribution < 1.29 is 14.4 Å². The van der Waals surface area contributed by atoms with Crippen molar-refractivity contribution in [2.24, 2.45) is 11.8 Å². The van der Waals surface area contributed by atoms with Gasteiger partial charge in [-0.05, 0) is 55.2 Å². The first-order valence-electron chi connectivity index (χ1n) is 10.3. The second-order valence-corrected chi connectivity index (χ2v) is 8.31. The first-order valence-corrected chi connectivity index (χ1v) is 10.3. The number of amides is 3. The summed E-state index contributed by atoms with van der Waals surface area (Å²) in [6, 6.07) is 12.8. The van der Waals surface area contributed by atoms with Crippen LogP contribution in [0.1, 0.15) is 41.8 Å². The number of anilines is 2. The second kappa shape index (κ2) is 9.11. The molecule has 2 N–H and O–H groups in total. The molecule has 1 heterocycles. The Morgan fingerprint density at radius 1 is 1.10 bits per heavy atom. The third kappa shape index (κ3) is 4.87. The van der Waals surface area contributed by atoms with E-state index in [1.54, 1.807) is 29.2 Å². The standard InChI is InChI=1S/C24H29N3O3/c1-15(2)13-25-24(30)20-7-5-6-8-21(20)26-23(29)18-12-22(28)27(14-18)19-10-9-16(3)17(4)11-19/h5-11,15,18H,12-14H2,1-4H3,(H,25,30)(H,26,29)/t18-/m1/s1. The molecule has 1 atom stereocenters. The Bertz CT molecular complexity index is 968. The molecular formula is C24H29N3O3. The van der Waals surface area contributed by atoms with Crippen molar-refractivity contribution >= 4 is 29.1 Å². The fourth-order valence-electron chi connectivity index (χ4n) is 3.44. The van der Waals surface area contributed by atoms with Gasteiger partial charge in [-0.3, -0.25) is 14.4 Å². The zero-order valence-corrected chi connectivity index (χ0v) is 18.0. The van der Waals surface area contributed by atoms with Crippen LogP contribution in [0.25, 0.3) is 0 Å². The molecule has 6 nitrogen and oxygen atoms in total. The molecule has 1 fully saturated rings. The molecule has 0 aliphatic carbocycles. The summed E-state index contributed by atoms with van der Waals surface area (Å²) in [5, 5.41) is 5.73. The average molecular weight is 408 g/mol. The van der Waals surface area contributed by atoms with Gasteiger partial charge in [-0.15, -0.1) is 0 Å². The first kappa shape index (κ1) is 21.6. The van der Waals surface area contributed by atoms with E-state index in [2.05, 4.69) is 10.6 Å². The zero-order chi connectivity index (χ0) is 21.8. The molecule has 1 aliphatic heterocycles. The normalized spacial score (nSPS) is 16.1. The summed E-state index contributed by atoms with van der Waals surface area (Å²) in [4.78, 5) is 39.6. The van der Waals surface area contributed by atoms with Crippen molar-refractivity contribution in [3.8, 4) is 0 Å². The van der Waals surface area contributed by atoms with Gasteiger partial charge >= 0.3 is 0 Å². The largest absolute Gasteiger partial charge is 0.352 e. The molecule has 158 valence electrons. The highest BCUT2D eigenvalue weighted by atomic mass is 16.2. The topological polar surface area (TPSA) is 78.5 Å². The number of hydrogen-bond acceptors (Lipinski definition) is 3. The lowest BCUT2D eigenvalue weighted by atomic mass is 10.1. The molecule has 0 saturated carbocycles. The highest BCUT2D eigenvalue weighted by Gasteiger charge is 2.35. The van der Waals surface area contributed by atoms with Gasteiger partial charge in [0.25, 0.3) is 5.91 Å². The number of rotatable bonds is 6. The van der Waals surface area contributed by atoms with Crippen LogP contribution in [0.4, 0.5) is 11.4 Å². The first-order chi connectivity index (χ1) is 14.3. The molecule has 0 aromatic heterocycles. The van der Waals surface area contributed by atoms with Crippen LogP contribution < -0.4 is 15.5 Å². The minimum atomic E-state index is -0.467. The summed E-state index contributed by atoms with van der Waals surface area (Å²) in [5.41, 5.74) is 3.95. The third-order valence-electron chi connectivity index (χ3n) is 5.40. The maximum Gasteiger partial charge on any atom is 0.253 e. The summed E-state index contributed by atoms with van der Waals surface area (Å²) in [7, 11) is 0. The van der Waals surface area contributed by atoms with E-state index in [-0.39, 0.29) is 24.1 Å². The van der Waals surface area contributed by atoms with Crippen molar-refractivity contribution in [2.45, 2.75) is 34.1 Å². The van der Waals surface area contributed by atoms with E-state index in [0.29, 0.717) is 30.3 Å². The van der Waals surface area contributed by atoms with Gasteiger partial charge in [-0.25, -0.2) is 0 Å². The molecule has 0 unspecified atom stereocenters. The second-order valence-electron chi connectivity index (χ2n) is 8.31. The van der Waals surface area contributed by atoms with Crippen LogP contribution in [0.15, 0.2) is 42.5 Å². The van der Waals surface area contributed by atoms with E-state index >= 15 is 0 Å². The molecule has 0 radical (unpaired) electrons. The highest BCUT2D eigenvalue weighted by Crippen LogP contribution is 2.28. The summed E-state index contributed by atoms with van der Waals surface area (Å²) in [6.07, 6.45) is 0.153. The van der Waals surface area contributed by atoms with E-state index in [1.165, 1.54) is 0 Å². The van der Waals surface area contributed by atoms with Crippen LogP contribution in [0.3, 0.4) is 0 Å². The smallest absolute Gasteiger partial charge is 0.253 e. The minimum absolute atomic E-state index is 0.0682. The van der Waals surface area contributed by atoms with E-state index < -0.39 is 5.92 Å². The van der Waals surface area contributed by atoms with Crippen LogP contribution in [0, 0.1) is 25.7 Å². The number of hydrogen-bond donors (Lipinski definition) is 2. The molecule has 2 aromatic rings. The lowest BCUT2D eigenvalue weighted by Gasteiger charge is -2.18. The quantitative estimate of drug-likeness (QED) is 0.767. The number of carbonyl (C=O) groups excluding carboxylic acids is 3. The molecule has 3 rings (SSSR count). The van der Waals surface area contributed by atoms with Gasteiger partial charge in [0.2, 0.25) is 11.8 Å². The molecule has 2 aromatic carbocycles. The van der Waals surface area contributed by atoms with Crippen LogP contribution in [-0.2, 0) is 9.59 Å². The maximum absolute atomic E-state index is 12.9. The summed E-state index contributed by atoms with van der Waals surface area (Å²) < 4.78 is 0. The van der Waals surface area contributed by atoms with Crippen LogP contribution in [-0.4, -0.2) is 30.8 Å². The van der Waals surface area contributed by atoms with Crippen molar-refractivity contribution in [2.75, 3.05) is 23.3 Å². The van der Waals surface area contributed by atoms with Crippen LogP contribution in [0.5, 0.6) is 0 Å². The Labute approximate surface area is 177 Å². The Morgan fingerprint density at radius 3 is 2.53 bits per heavy atom. The van der Waals surface area contributed by atoms with Crippen molar-refractivity contribution in [3.05, 3.63) is 59.2 Å². The molecule has 3 amide bonds. The van der Waals surface area contributed by atoms with Gasteiger partial charge in [0.15, 0.2) is 0 Å². The van der Waals surface area contributed by atoms with Gasteiger partial charge in [-0.2, -0.15) is 0 Å². The molecule has 0 spiro atoms. The van der Waals surface area contributed by atoms with Crippen molar-refractivity contribution in [3.63, 3.8) is 0 Å². The van der Waals surface area contributed by atoms with Gasteiger partial charge in [0, 0.05) is 25.2 Å². The number of benzene rings is 2. The molecule has 1 aliphatic rings. The molecule has 6 heteroatoms. The number of carbonyl (C=O) groups is 3. The Hall–Kier alpha value is -3.15. The highest BCUT2D eigenvalue weighted by molar-refractivity contribution is 6.07. The molecular weight excluding hydrogens is 378 g/mol. The average Bonchev–Trinajstić information content (AvgIpc) is 3.10. The number of aryl methyl sites for hydroxylation is 2. The predicted octanol–water partition coefficient (Wildman–Crippen LogP) is 3.68. The van der Waals surface area contributed by atoms with Crippen LogP contribution in [0.2, 0.25) is 0 Å². The van der Waals surface area contributed by atoms with Gasteiger partial charge in [0.1, 0.15) is 0 Å². The Morgan fingerprint density at radius 2 is 1.83 bits per heavy atom. The number of para-hydroxylation sites is 1. The van der Waals surface area contributed by atoms with Crippen LogP contribution >= 0.6 is 0 Å². The number of nitrogens with zero attached hydrogens (tertiary/aromatic N) is 1. The SMILES string of the molecule is Cc1ccc(N2C[C@H](C(=O)Nc3ccccc3C(=O)NCC(C)C)CC2=O)cc1C. The van der Waals surface area contributed by atoms with E-state index in [9.17, 15) is 14.4 Å². The third-order valence-corrected chi connectivity index (χ3v) is 5.40. The number of nitrogens with one attached hydrogen (secondary N) is 2. The Kier molecular flexibility index (Phi) is 6.55. The molecule has 1 saturated heterocycles. The van der Waals surface area contributed by atoms with Gasteiger partial charge in [-0.1, -0.05) is 32.0 Å². The van der Waals surface area contributed by atoms with Gasteiger partial charge in [0.05, 0.1) is 17.2 Å². The van der Waals surface area contributed by atoms with E-state index in [1.807, 2.05) is 45.9 Å². The lowest BCUT2D eigenvalue weighted by Crippen LogP contribution is -2.30. The molecule has 0 bridgehead atoms. The fraction of sp³-hybridized carbons (Fsp3) is 0.375. The summed E-state index contributed by atoms with van der Waals surface area (Å²) in [5.74, 6) is -0.679. The minimum Gasteiger partial charge on any atom is -0.352 e. The van der Waals surface area contributed by atoms with E-state index in [0.717, 1.165) is 16.8 Å². The lowest BCUT2D eigenvalue weighted by molar-refractivity contribution is -0.122. The fourth-order valence-corrected chi connectivity index (χ4v) is 3.44. The maximum atomic E-state index is 12.9. The monoisotopic (exact) mass is 407 g/mol. The predicted molar refractivity (Wildman–Crippen MR) is 119 cm³/mol. The Balaban J connectivity index is 1.70. The van der Waals surface area contributed by atoms with Gasteiger partial charge < -0.3 is 15.5 Å². The molecule has 30 heavy (non-hydrogen) atoms. The van der Waals surface area contributed by atoms with Crippen molar-refractivity contribution in [1.29, 1.82) is 0 Å². The summed E-state index contributed by atoms with van der Waals surface area (Å²) >= 11 is 0.